The van der Waals surface area contributed by atoms with E-state index in [1.807, 2.05) is 13.8 Å². The molecule has 2 amide bonds. The number of likely N-dealkylation sites (tertiary alicyclic amines) is 1. The van der Waals surface area contributed by atoms with Crippen molar-refractivity contribution >= 4 is 29.0 Å². The fraction of sp³-hybridized carbons (Fsp3) is 0.640. The molecule has 4 atom stereocenters. The Kier molecular flexibility index (Phi) is 8.65. The molecule has 0 aliphatic carbocycles. The molecule has 206 valence electrons. The molecular weight excluding hydrogens is 494 g/mol. The molecule has 0 aromatic carbocycles. The van der Waals surface area contributed by atoms with Crippen LogP contribution in [0.3, 0.4) is 0 Å². The molecule has 2 aromatic heterocycles. The molecule has 2 aliphatic heterocycles. The average molecular weight is 530 g/mol. The molecule has 13 heteroatoms. The van der Waals surface area contributed by atoms with E-state index in [1.54, 1.807) is 11.8 Å². The average Bonchev–Trinajstić information content (AvgIpc) is 3.44. The first-order valence-electron chi connectivity index (χ1n) is 12.9. The van der Waals surface area contributed by atoms with Gasteiger partial charge in [-0.3, -0.25) is 9.36 Å². The molecule has 0 radical (unpaired) electrons. The number of aromatic nitrogens is 4. The van der Waals surface area contributed by atoms with Crippen LogP contribution in [-0.4, -0.2) is 91.2 Å². The largest absolute Gasteiger partial charge is 0.449 e. The van der Waals surface area contributed by atoms with E-state index >= 15 is 0 Å². The van der Waals surface area contributed by atoms with Crippen molar-refractivity contribution in [2.45, 2.75) is 64.6 Å². The van der Waals surface area contributed by atoms with Gasteiger partial charge in [0.25, 0.3) is 5.91 Å². The second kappa shape index (κ2) is 11.9. The van der Waals surface area contributed by atoms with Gasteiger partial charge in [0.2, 0.25) is 5.82 Å². The molecule has 2 aromatic rings. The third-order valence-electron chi connectivity index (χ3n) is 6.57. The quantitative estimate of drug-likeness (QED) is 0.383. The number of nitrogens with zero attached hydrogens (tertiary/aromatic N) is 5. The Bertz CT molecular complexity index is 1210. The van der Waals surface area contributed by atoms with Crippen molar-refractivity contribution in [3.05, 3.63) is 12.2 Å². The molecular formula is C25H35N7O6. The summed E-state index contributed by atoms with van der Waals surface area (Å²) in [6, 6.07) is 0. The third kappa shape index (κ3) is 5.98. The van der Waals surface area contributed by atoms with Gasteiger partial charge in [-0.25, -0.2) is 19.7 Å². The number of likely N-dealkylation sites (N-methyl/N-ethyl adjacent to an activating group) is 1. The first-order valence-corrected chi connectivity index (χ1v) is 12.9. The van der Waals surface area contributed by atoms with Crippen molar-refractivity contribution in [2.75, 3.05) is 32.0 Å². The van der Waals surface area contributed by atoms with E-state index in [4.69, 9.17) is 15.2 Å². The zero-order valence-electron chi connectivity index (χ0n) is 21.8. The second-order valence-electron chi connectivity index (χ2n) is 9.99. The maximum Gasteiger partial charge on any atom is 0.409 e. The summed E-state index contributed by atoms with van der Waals surface area (Å²) in [5.74, 6) is 6.46. The summed E-state index contributed by atoms with van der Waals surface area (Å²) < 4.78 is 12.4. The van der Waals surface area contributed by atoms with Crippen LogP contribution in [0, 0.1) is 23.7 Å². The van der Waals surface area contributed by atoms with Gasteiger partial charge in [-0.15, -0.1) is 0 Å². The Hall–Kier alpha value is -3.47. The number of aliphatic hydroxyl groups is 2. The van der Waals surface area contributed by atoms with Crippen LogP contribution in [0.1, 0.15) is 52.1 Å². The molecule has 5 N–H and O–H groups in total. The normalized spacial score (nSPS) is 23.9. The number of ether oxygens (including phenoxy) is 2. The Labute approximate surface area is 220 Å². The predicted octanol–water partition coefficient (Wildman–Crippen LogP) is 0.410. The molecule has 2 fully saturated rings. The number of carbonyl (C=O) groups is 2. The van der Waals surface area contributed by atoms with Gasteiger partial charge >= 0.3 is 6.09 Å². The van der Waals surface area contributed by atoms with Gasteiger partial charge in [0, 0.05) is 26.1 Å². The van der Waals surface area contributed by atoms with Gasteiger partial charge in [-0.05, 0) is 37.5 Å². The van der Waals surface area contributed by atoms with Crippen LogP contribution >= 0.6 is 0 Å². The summed E-state index contributed by atoms with van der Waals surface area (Å²) in [5.41, 5.74) is 6.64. The van der Waals surface area contributed by atoms with Gasteiger partial charge in [0.1, 0.15) is 17.7 Å². The first kappa shape index (κ1) is 27.6. The minimum Gasteiger partial charge on any atom is -0.449 e. The number of anilines is 1. The Morgan fingerprint density at radius 2 is 2.00 bits per heavy atom. The summed E-state index contributed by atoms with van der Waals surface area (Å²) in [7, 11) is 0. The number of aliphatic hydroxyl groups excluding tert-OH is 2. The zero-order chi connectivity index (χ0) is 27.4. The summed E-state index contributed by atoms with van der Waals surface area (Å²) >= 11 is 0. The lowest BCUT2D eigenvalue weighted by Gasteiger charge is -2.30. The molecule has 13 nitrogen and oxygen atoms in total. The number of fused-ring (bicyclic) bond motifs is 1. The van der Waals surface area contributed by atoms with Crippen LogP contribution in [0.25, 0.3) is 11.2 Å². The second-order valence-corrected chi connectivity index (χ2v) is 9.99. The van der Waals surface area contributed by atoms with Crippen LogP contribution in [0.5, 0.6) is 0 Å². The van der Waals surface area contributed by atoms with Gasteiger partial charge in [0.15, 0.2) is 23.8 Å². The van der Waals surface area contributed by atoms with Gasteiger partial charge in [-0.2, -0.15) is 0 Å². The first-order chi connectivity index (χ1) is 18.2. The number of hydrogen-bond donors (Lipinski definition) is 4. The number of nitrogen functional groups attached to an aromatic ring is 1. The summed E-state index contributed by atoms with van der Waals surface area (Å²) in [6.45, 7) is 7.78. The van der Waals surface area contributed by atoms with Gasteiger partial charge < -0.3 is 35.6 Å². The van der Waals surface area contributed by atoms with E-state index in [0.29, 0.717) is 50.0 Å². The maximum atomic E-state index is 12.2. The molecule has 0 spiro atoms. The topological polar surface area (TPSA) is 178 Å². The monoisotopic (exact) mass is 529 g/mol. The number of nitrogens with one attached hydrogen (secondary N) is 1. The molecule has 4 rings (SSSR count). The van der Waals surface area contributed by atoms with Crippen molar-refractivity contribution in [3.63, 3.8) is 0 Å². The molecule has 2 aliphatic rings. The van der Waals surface area contributed by atoms with Gasteiger partial charge in [-0.1, -0.05) is 19.8 Å². The Morgan fingerprint density at radius 3 is 2.68 bits per heavy atom. The summed E-state index contributed by atoms with van der Waals surface area (Å²) in [6.07, 6.45) is -1.79. The highest BCUT2D eigenvalue weighted by atomic mass is 16.6. The lowest BCUT2D eigenvalue weighted by atomic mass is 9.94. The van der Waals surface area contributed by atoms with Crippen LogP contribution < -0.4 is 11.1 Å². The van der Waals surface area contributed by atoms with E-state index in [-0.39, 0.29) is 23.4 Å². The number of imidazole rings is 1. The van der Waals surface area contributed by atoms with Crippen LogP contribution in [-0.2, 0) is 14.3 Å². The maximum absolute atomic E-state index is 12.2. The minimum absolute atomic E-state index is 0.111. The van der Waals surface area contributed by atoms with Crippen molar-refractivity contribution in [3.8, 4) is 11.8 Å². The molecule has 0 bridgehead atoms. The molecule has 0 unspecified atom stereocenters. The number of carbonyl (C=O) groups excluding carboxylic acids is 2. The van der Waals surface area contributed by atoms with Crippen molar-refractivity contribution < 1.29 is 29.3 Å². The Morgan fingerprint density at radius 1 is 1.26 bits per heavy atom. The summed E-state index contributed by atoms with van der Waals surface area (Å²) in [4.78, 5) is 39.0. The van der Waals surface area contributed by atoms with Crippen molar-refractivity contribution in [2.24, 2.45) is 11.8 Å². The predicted molar refractivity (Wildman–Crippen MR) is 136 cm³/mol. The fourth-order valence-corrected chi connectivity index (χ4v) is 4.48. The number of amides is 2. The highest BCUT2D eigenvalue weighted by Crippen LogP contribution is 2.32. The number of nitrogens with two attached hydrogens (primary N) is 1. The summed E-state index contributed by atoms with van der Waals surface area (Å²) in [5, 5.41) is 23.5. The van der Waals surface area contributed by atoms with Crippen LogP contribution in [0.2, 0.25) is 0 Å². The van der Waals surface area contributed by atoms with Crippen molar-refractivity contribution in [1.29, 1.82) is 0 Å². The van der Waals surface area contributed by atoms with E-state index in [9.17, 15) is 19.8 Å². The standard InChI is InChI=1S/C25H35N7O6/c1-4-27-23(35)20-18(33)19(34)24(38-20)32-13-28-17-21(26)29-16(30-22(17)32)7-5-6-15-8-10-31(11-9-15)25(36)37-12-14(2)3/h13-15,18-20,24,33-34H,4,6,8-12H2,1-3H3,(H,27,35)(H2,26,29,30)/t18-,19+,20-,24+/m0/s1. The molecule has 38 heavy (non-hydrogen) atoms. The third-order valence-corrected chi connectivity index (χ3v) is 6.57. The van der Waals surface area contributed by atoms with Crippen LogP contribution in [0.15, 0.2) is 6.33 Å². The lowest BCUT2D eigenvalue weighted by Crippen LogP contribution is -2.42. The van der Waals surface area contributed by atoms with E-state index in [2.05, 4.69) is 32.1 Å². The van der Waals surface area contributed by atoms with Crippen LogP contribution in [0.4, 0.5) is 10.6 Å². The highest BCUT2D eigenvalue weighted by Gasteiger charge is 2.47. The lowest BCUT2D eigenvalue weighted by molar-refractivity contribution is -0.137. The number of rotatable bonds is 6. The molecule has 2 saturated heterocycles. The van der Waals surface area contributed by atoms with Gasteiger partial charge in [0.05, 0.1) is 12.9 Å². The van der Waals surface area contributed by atoms with Crippen molar-refractivity contribution in [1.82, 2.24) is 29.7 Å². The molecule has 4 heterocycles. The fourth-order valence-electron chi connectivity index (χ4n) is 4.48. The highest BCUT2D eigenvalue weighted by molar-refractivity contribution is 5.83. The number of piperidine rings is 1. The van der Waals surface area contributed by atoms with E-state index in [1.165, 1.54) is 10.9 Å². The number of hydrogen-bond acceptors (Lipinski definition) is 10. The molecule has 0 saturated carbocycles. The minimum atomic E-state index is -1.43. The SMILES string of the molecule is CCNC(=O)[C@H]1O[C@@H](n2cnc3c(N)nc(C#CCC4CCN(C(=O)OCC(C)C)CC4)nc32)[C@H](O)[C@@H]1O. The smallest absolute Gasteiger partial charge is 0.409 e. The Balaban J connectivity index is 1.42. The van der Waals surface area contributed by atoms with E-state index < -0.39 is 30.4 Å². The van der Waals surface area contributed by atoms with E-state index in [0.717, 1.165) is 12.8 Å². The zero-order valence-corrected chi connectivity index (χ0v) is 21.8.